The standard InChI is InChI=1S/C23H22N2O4/c1-25(2)19-8-6-17(7-9-19)23(26)24-18-5-3-4-16(12-18)14-27-20-10-11-21-22(13-20)29-15-28-21/h3-13H,14-15H2,1-2H3,(H,24,26). The maximum absolute atomic E-state index is 12.5. The molecule has 1 heterocycles. The second kappa shape index (κ2) is 8.14. The van der Waals surface area contributed by atoms with E-state index in [-0.39, 0.29) is 12.7 Å². The smallest absolute Gasteiger partial charge is 0.255 e. The Morgan fingerprint density at radius 2 is 1.79 bits per heavy atom. The van der Waals surface area contributed by atoms with E-state index < -0.39 is 0 Å². The van der Waals surface area contributed by atoms with E-state index in [1.165, 1.54) is 0 Å². The van der Waals surface area contributed by atoms with Crippen LogP contribution in [-0.4, -0.2) is 26.8 Å². The zero-order valence-corrected chi connectivity index (χ0v) is 16.3. The largest absolute Gasteiger partial charge is 0.489 e. The molecule has 4 rings (SSSR count). The van der Waals surface area contributed by atoms with Crippen LogP contribution in [0.15, 0.2) is 66.7 Å². The van der Waals surface area contributed by atoms with Gasteiger partial charge in [0.1, 0.15) is 12.4 Å². The molecule has 1 N–H and O–H groups in total. The van der Waals surface area contributed by atoms with Crippen molar-refractivity contribution in [3.8, 4) is 17.2 Å². The van der Waals surface area contributed by atoms with Gasteiger partial charge in [0.05, 0.1) is 0 Å². The third-order valence-electron chi connectivity index (χ3n) is 4.58. The molecule has 0 unspecified atom stereocenters. The maximum Gasteiger partial charge on any atom is 0.255 e. The number of nitrogens with zero attached hydrogens (tertiary/aromatic N) is 1. The van der Waals surface area contributed by atoms with Gasteiger partial charge >= 0.3 is 0 Å². The van der Waals surface area contributed by atoms with Gasteiger partial charge in [-0.3, -0.25) is 4.79 Å². The second-order valence-corrected chi connectivity index (χ2v) is 6.90. The van der Waals surface area contributed by atoms with Crippen LogP contribution in [0.2, 0.25) is 0 Å². The number of hydrogen-bond donors (Lipinski definition) is 1. The van der Waals surface area contributed by atoms with Crippen LogP contribution >= 0.6 is 0 Å². The number of benzene rings is 3. The van der Waals surface area contributed by atoms with Crippen molar-refractivity contribution in [3.63, 3.8) is 0 Å². The molecule has 0 aromatic heterocycles. The van der Waals surface area contributed by atoms with Crippen LogP contribution in [0.1, 0.15) is 15.9 Å². The van der Waals surface area contributed by atoms with Crippen molar-refractivity contribution in [2.75, 3.05) is 31.1 Å². The van der Waals surface area contributed by atoms with Crippen molar-refractivity contribution in [1.82, 2.24) is 0 Å². The first-order chi connectivity index (χ1) is 14.1. The van der Waals surface area contributed by atoms with E-state index >= 15 is 0 Å². The van der Waals surface area contributed by atoms with Crippen molar-refractivity contribution in [3.05, 3.63) is 77.9 Å². The van der Waals surface area contributed by atoms with Gasteiger partial charge in [-0.05, 0) is 54.1 Å². The van der Waals surface area contributed by atoms with Crippen LogP contribution < -0.4 is 24.4 Å². The number of carbonyl (C=O) groups excluding carboxylic acids is 1. The first-order valence-corrected chi connectivity index (χ1v) is 9.28. The number of ether oxygens (including phenoxy) is 3. The number of anilines is 2. The zero-order valence-electron chi connectivity index (χ0n) is 16.3. The van der Waals surface area contributed by atoms with Gasteiger partial charge in [0.25, 0.3) is 5.91 Å². The molecule has 0 saturated carbocycles. The zero-order chi connectivity index (χ0) is 20.2. The molecule has 148 valence electrons. The Morgan fingerprint density at radius 1 is 1.00 bits per heavy atom. The Balaban J connectivity index is 1.38. The van der Waals surface area contributed by atoms with Crippen LogP contribution in [-0.2, 0) is 6.61 Å². The van der Waals surface area contributed by atoms with Crippen LogP contribution in [0.4, 0.5) is 11.4 Å². The van der Waals surface area contributed by atoms with Crippen LogP contribution in [0.3, 0.4) is 0 Å². The summed E-state index contributed by atoms with van der Waals surface area (Å²) in [4.78, 5) is 14.5. The molecule has 0 saturated heterocycles. The molecule has 1 amide bonds. The summed E-state index contributed by atoms with van der Waals surface area (Å²) in [6, 6.07) is 20.6. The summed E-state index contributed by atoms with van der Waals surface area (Å²) in [6.45, 7) is 0.610. The van der Waals surface area contributed by atoms with E-state index in [0.29, 0.717) is 23.7 Å². The lowest BCUT2D eigenvalue weighted by Gasteiger charge is -2.13. The van der Waals surface area contributed by atoms with E-state index in [2.05, 4.69) is 5.32 Å². The fourth-order valence-electron chi connectivity index (χ4n) is 2.99. The summed E-state index contributed by atoms with van der Waals surface area (Å²) >= 11 is 0. The highest BCUT2D eigenvalue weighted by molar-refractivity contribution is 6.04. The number of carbonyl (C=O) groups is 1. The van der Waals surface area contributed by atoms with Crippen molar-refractivity contribution in [2.24, 2.45) is 0 Å². The molecular formula is C23H22N2O4. The SMILES string of the molecule is CN(C)c1ccc(C(=O)Nc2cccc(COc3ccc4c(c3)OCO4)c2)cc1. The molecule has 6 nitrogen and oxygen atoms in total. The minimum absolute atomic E-state index is 0.149. The number of fused-ring (bicyclic) bond motifs is 1. The Kier molecular flexibility index (Phi) is 5.24. The summed E-state index contributed by atoms with van der Waals surface area (Å²) in [6.07, 6.45) is 0. The van der Waals surface area contributed by atoms with E-state index in [1.807, 2.05) is 85.7 Å². The van der Waals surface area contributed by atoms with Crippen LogP contribution in [0.5, 0.6) is 17.2 Å². The van der Waals surface area contributed by atoms with Crippen LogP contribution in [0.25, 0.3) is 0 Å². The van der Waals surface area contributed by atoms with E-state index in [4.69, 9.17) is 14.2 Å². The van der Waals surface area contributed by atoms with E-state index in [9.17, 15) is 4.79 Å². The van der Waals surface area contributed by atoms with E-state index in [0.717, 1.165) is 22.7 Å². The number of rotatable bonds is 6. The quantitative estimate of drug-likeness (QED) is 0.680. The minimum Gasteiger partial charge on any atom is -0.489 e. The van der Waals surface area contributed by atoms with Gasteiger partial charge in [-0.1, -0.05) is 12.1 Å². The Bertz CT molecular complexity index is 1020. The molecule has 0 spiro atoms. The predicted molar refractivity (Wildman–Crippen MR) is 112 cm³/mol. The molecule has 0 atom stereocenters. The van der Waals surface area contributed by atoms with E-state index in [1.54, 1.807) is 0 Å². The second-order valence-electron chi connectivity index (χ2n) is 6.90. The first-order valence-electron chi connectivity index (χ1n) is 9.28. The minimum atomic E-state index is -0.149. The van der Waals surface area contributed by atoms with Crippen molar-refractivity contribution in [1.29, 1.82) is 0 Å². The molecule has 0 bridgehead atoms. The third-order valence-corrected chi connectivity index (χ3v) is 4.58. The topological polar surface area (TPSA) is 60.0 Å². The lowest BCUT2D eigenvalue weighted by molar-refractivity contribution is 0.102. The highest BCUT2D eigenvalue weighted by Crippen LogP contribution is 2.35. The van der Waals surface area contributed by atoms with Gasteiger partial charge in [-0.2, -0.15) is 0 Å². The summed E-state index contributed by atoms with van der Waals surface area (Å²) < 4.78 is 16.5. The Labute approximate surface area is 169 Å². The average Bonchev–Trinajstić information content (AvgIpc) is 3.20. The Hall–Kier alpha value is -3.67. The average molecular weight is 390 g/mol. The van der Waals surface area contributed by atoms with Crippen LogP contribution in [0, 0.1) is 0 Å². The number of amides is 1. The number of nitrogens with one attached hydrogen (secondary N) is 1. The normalized spacial score (nSPS) is 11.8. The summed E-state index contributed by atoms with van der Waals surface area (Å²) in [5, 5.41) is 2.93. The lowest BCUT2D eigenvalue weighted by Crippen LogP contribution is -2.13. The molecule has 0 fully saturated rings. The molecule has 3 aromatic rings. The molecule has 0 radical (unpaired) electrons. The molecule has 3 aromatic carbocycles. The van der Waals surface area contributed by atoms with Crippen molar-refractivity contribution >= 4 is 17.3 Å². The summed E-state index contributed by atoms with van der Waals surface area (Å²) in [7, 11) is 3.93. The van der Waals surface area contributed by atoms with Gasteiger partial charge in [0.15, 0.2) is 11.5 Å². The lowest BCUT2D eigenvalue weighted by atomic mass is 10.1. The maximum atomic E-state index is 12.5. The predicted octanol–water partition coefficient (Wildman–Crippen LogP) is 4.31. The molecule has 0 aliphatic carbocycles. The van der Waals surface area contributed by atoms with Gasteiger partial charge in [-0.25, -0.2) is 0 Å². The highest BCUT2D eigenvalue weighted by Gasteiger charge is 2.14. The molecule has 6 heteroatoms. The van der Waals surface area contributed by atoms with Gasteiger partial charge in [-0.15, -0.1) is 0 Å². The number of hydrogen-bond acceptors (Lipinski definition) is 5. The first kappa shape index (κ1) is 18.7. The monoisotopic (exact) mass is 390 g/mol. The fraction of sp³-hybridized carbons (Fsp3) is 0.174. The van der Waals surface area contributed by atoms with Crippen molar-refractivity contribution < 1.29 is 19.0 Å². The van der Waals surface area contributed by atoms with Crippen molar-refractivity contribution in [2.45, 2.75) is 6.61 Å². The highest BCUT2D eigenvalue weighted by atomic mass is 16.7. The van der Waals surface area contributed by atoms with Gasteiger partial charge in [0.2, 0.25) is 6.79 Å². The van der Waals surface area contributed by atoms with Gasteiger partial charge < -0.3 is 24.4 Å². The fourth-order valence-corrected chi connectivity index (χ4v) is 2.99. The summed E-state index contributed by atoms with van der Waals surface area (Å²) in [5.74, 6) is 1.96. The molecule has 1 aliphatic heterocycles. The molecular weight excluding hydrogens is 368 g/mol. The third kappa shape index (κ3) is 4.43. The Morgan fingerprint density at radius 3 is 2.59 bits per heavy atom. The molecule has 1 aliphatic rings. The van der Waals surface area contributed by atoms with Gasteiger partial charge in [0, 0.05) is 37.1 Å². The summed E-state index contributed by atoms with van der Waals surface area (Å²) in [5.41, 5.74) is 3.32. The molecule has 29 heavy (non-hydrogen) atoms.